The minimum Gasteiger partial charge on any atom is -0.314 e. The van der Waals surface area contributed by atoms with Crippen LogP contribution in [-0.4, -0.2) is 22.4 Å². The lowest BCUT2D eigenvalue weighted by molar-refractivity contribution is 0.625. The molecule has 0 unspecified atom stereocenters. The molecule has 0 spiro atoms. The highest BCUT2D eigenvalue weighted by Gasteiger charge is 2.19. The maximum Gasteiger partial charge on any atom is 0.0703 e. The van der Waals surface area contributed by atoms with E-state index in [9.17, 15) is 0 Å². The van der Waals surface area contributed by atoms with Crippen molar-refractivity contribution < 1.29 is 0 Å². The highest BCUT2D eigenvalue weighted by molar-refractivity contribution is 5.81. The molecule has 1 aliphatic rings. The predicted octanol–water partition coefficient (Wildman–Crippen LogP) is 2.74. The summed E-state index contributed by atoms with van der Waals surface area (Å²) in [6, 6.07) is 9.37. The number of hydrogen-bond donors (Lipinski definition) is 1. The van der Waals surface area contributed by atoms with Crippen LogP contribution in [0.15, 0.2) is 24.3 Å². The van der Waals surface area contributed by atoms with Gasteiger partial charge >= 0.3 is 0 Å². The molecule has 1 aromatic carbocycles. The smallest absolute Gasteiger partial charge is 0.0703 e. The van der Waals surface area contributed by atoms with Gasteiger partial charge in [0, 0.05) is 18.0 Å². The van der Waals surface area contributed by atoms with Gasteiger partial charge in [-0.1, -0.05) is 18.2 Å². The molecule has 1 aromatic heterocycles. The first-order valence-corrected chi connectivity index (χ1v) is 7.06. The van der Waals surface area contributed by atoms with Crippen molar-refractivity contribution in [2.24, 2.45) is 0 Å². The fourth-order valence-corrected chi connectivity index (χ4v) is 2.47. The number of nitrogens with one attached hydrogen (secondary N) is 1. The summed E-state index contributed by atoms with van der Waals surface area (Å²) < 4.78 is 2.11. The van der Waals surface area contributed by atoms with Crippen LogP contribution in [0.4, 0.5) is 0 Å². The summed E-state index contributed by atoms with van der Waals surface area (Å²) in [5.41, 5.74) is 2.52. The van der Waals surface area contributed by atoms with E-state index >= 15 is 0 Å². The van der Waals surface area contributed by atoms with Crippen molar-refractivity contribution in [2.75, 3.05) is 6.54 Å². The summed E-state index contributed by atoms with van der Waals surface area (Å²) in [5.74, 6) is 0. The molecule has 1 aliphatic carbocycles. The number of aryl methyl sites for hydroxylation is 2. The van der Waals surface area contributed by atoms with E-state index in [1.165, 1.54) is 35.9 Å². The number of aromatic nitrogens is 2. The molecule has 1 heterocycles. The van der Waals surface area contributed by atoms with E-state index in [-0.39, 0.29) is 0 Å². The van der Waals surface area contributed by atoms with E-state index in [2.05, 4.69) is 41.2 Å². The Balaban J connectivity index is 1.69. The monoisotopic (exact) mass is 243 g/mol. The van der Waals surface area contributed by atoms with Gasteiger partial charge in [0.2, 0.25) is 0 Å². The van der Waals surface area contributed by atoms with Crippen molar-refractivity contribution in [3.63, 3.8) is 0 Å². The zero-order chi connectivity index (χ0) is 12.4. The fraction of sp³-hybridized carbons (Fsp3) is 0.533. The quantitative estimate of drug-likeness (QED) is 0.791. The molecule has 96 valence electrons. The van der Waals surface area contributed by atoms with Gasteiger partial charge in [-0.2, -0.15) is 5.10 Å². The summed E-state index contributed by atoms with van der Waals surface area (Å²) in [6.07, 6.45) is 5.00. The summed E-state index contributed by atoms with van der Waals surface area (Å²) in [5, 5.41) is 9.61. The van der Waals surface area contributed by atoms with E-state index in [4.69, 9.17) is 5.10 Å². The fourth-order valence-electron chi connectivity index (χ4n) is 2.47. The van der Waals surface area contributed by atoms with Crippen LogP contribution in [0.5, 0.6) is 0 Å². The second kappa shape index (κ2) is 5.11. The van der Waals surface area contributed by atoms with Crippen molar-refractivity contribution >= 4 is 10.9 Å². The molecule has 1 N–H and O–H groups in total. The Morgan fingerprint density at radius 3 is 2.94 bits per heavy atom. The first-order chi connectivity index (χ1) is 8.88. The Morgan fingerprint density at radius 2 is 2.17 bits per heavy atom. The van der Waals surface area contributed by atoms with E-state index < -0.39 is 0 Å². The van der Waals surface area contributed by atoms with Crippen molar-refractivity contribution in [1.29, 1.82) is 0 Å². The van der Waals surface area contributed by atoms with E-state index in [0.717, 1.165) is 25.6 Å². The average Bonchev–Trinajstić information content (AvgIpc) is 3.16. The summed E-state index contributed by atoms with van der Waals surface area (Å²) >= 11 is 0. The van der Waals surface area contributed by atoms with Gasteiger partial charge in [-0.25, -0.2) is 0 Å². The molecule has 0 radical (unpaired) electrons. The molecule has 3 rings (SSSR count). The van der Waals surface area contributed by atoms with E-state index in [0.29, 0.717) is 0 Å². The maximum atomic E-state index is 4.73. The van der Waals surface area contributed by atoms with Crippen LogP contribution in [0.25, 0.3) is 10.9 Å². The minimum atomic E-state index is 0.815. The molecule has 1 saturated carbocycles. The Hall–Kier alpha value is -1.35. The number of rotatable bonds is 6. The van der Waals surface area contributed by atoms with Crippen LogP contribution in [0.2, 0.25) is 0 Å². The number of benzene rings is 1. The molecule has 18 heavy (non-hydrogen) atoms. The standard InChI is InChI=1S/C15H21N3/c1-2-18-15-8-4-3-6-13(15)14(17-18)7-5-11-16-12-9-10-12/h3-4,6,8,12,16H,2,5,7,9-11H2,1H3. The third-order valence-corrected chi connectivity index (χ3v) is 3.63. The Morgan fingerprint density at radius 1 is 1.33 bits per heavy atom. The van der Waals surface area contributed by atoms with Gasteiger partial charge in [0.05, 0.1) is 11.2 Å². The SMILES string of the molecule is CCn1nc(CCCNC2CC2)c2ccccc21. The molecule has 0 bridgehead atoms. The van der Waals surface area contributed by atoms with Crippen LogP contribution in [0.1, 0.15) is 31.9 Å². The molecule has 0 aliphatic heterocycles. The van der Waals surface area contributed by atoms with Crippen LogP contribution in [-0.2, 0) is 13.0 Å². The summed E-state index contributed by atoms with van der Waals surface area (Å²) in [4.78, 5) is 0. The van der Waals surface area contributed by atoms with Crippen LogP contribution in [0.3, 0.4) is 0 Å². The van der Waals surface area contributed by atoms with Crippen molar-refractivity contribution in [1.82, 2.24) is 15.1 Å². The van der Waals surface area contributed by atoms with Gasteiger partial charge in [-0.05, 0) is 45.2 Å². The maximum absolute atomic E-state index is 4.73. The number of hydrogen-bond acceptors (Lipinski definition) is 2. The second-order valence-corrected chi connectivity index (χ2v) is 5.11. The lowest BCUT2D eigenvalue weighted by atomic mass is 10.1. The van der Waals surface area contributed by atoms with Crippen LogP contribution < -0.4 is 5.32 Å². The zero-order valence-corrected chi connectivity index (χ0v) is 11.0. The highest BCUT2D eigenvalue weighted by atomic mass is 15.3. The van der Waals surface area contributed by atoms with Crippen molar-refractivity contribution in [2.45, 2.75) is 45.2 Å². The Bertz CT molecular complexity index is 526. The first kappa shape index (κ1) is 11.7. The molecule has 0 saturated heterocycles. The summed E-state index contributed by atoms with van der Waals surface area (Å²) in [6.45, 7) is 4.22. The molecular formula is C15H21N3. The predicted molar refractivity (Wildman–Crippen MR) is 74.8 cm³/mol. The third kappa shape index (κ3) is 2.41. The van der Waals surface area contributed by atoms with Crippen LogP contribution >= 0.6 is 0 Å². The number of nitrogens with zero attached hydrogens (tertiary/aromatic N) is 2. The zero-order valence-electron chi connectivity index (χ0n) is 11.0. The molecule has 2 aromatic rings. The molecule has 3 nitrogen and oxygen atoms in total. The molecule has 0 atom stereocenters. The highest BCUT2D eigenvalue weighted by Crippen LogP contribution is 2.20. The van der Waals surface area contributed by atoms with Gasteiger partial charge in [-0.3, -0.25) is 4.68 Å². The third-order valence-electron chi connectivity index (χ3n) is 3.63. The Kier molecular flexibility index (Phi) is 3.33. The van der Waals surface area contributed by atoms with Gasteiger partial charge in [0.15, 0.2) is 0 Å². The largest absolute Gasteiger partial charge is 0.314 e. The van der Waals surface area contributed by atoms with E-state index in [1.54, 1.807) is 0 Å². The number of fused-ring (bicyclic) bond motifs is 1. The van der Waals surface area contributed by atoms with Gasteiger partial charge in [-0.15, -0.1) is 0 Å². The Labute approximate surface area is 108 Å². The molecule has 0 amide bonds. The van der Waals surface area contributed by atoms with E-state index in [1.807, 2.05) is 0 Å². The second-order valence-electron chi connectivity index (χ2n) is 5.11. The van der Waals surface area contributed by atoms with Crippen molar-refractivity contribution in [3.8, 4) is 0 Å². The van der Waals surface area contributed by atoms with Gasteiger partial charge < -0.3 is 5.32 Å². The number of para-hydroxylation sites is 1. The van der Waals surface area contributed by atoms with Gasteiger partial charge in [0.25, 0.3) is 0 Å². The van der Waals surface area contributed by atoms with Gasteiger partial charge in [0.1, 0.15) is 0 Å². The average molecular weight is 243 g/mol. The lowest BCUT2D eigenvalue weighted by Crippen LogP contribution is -2.17. The van der Waals surface area contributed by atoms with Crippen LogP contribution in [0, 0.1) is 0 Å². The van der Waals surface area contributed by atoms with Crippen molar-refractivity contribution in [3.05, 3.63) is 30.0 Å². The molecule has 3 heteroatoms. The first-order valence-electron chi connectivity index (χ1n) is 7.06. The molecular weight excluding hydrogens is 222 g/mol. The lowest BCUT2D eigenvalue weighted by Gasteiger charge is -2.01. The minimum absolute atomic E-state index is 0.815. The summed E-state index contributed by atoms with van der Waals surface area (Å²) in [7, 11) is 0. The topological polar surface area (TPSA) is 29.9 Å². The normalized spacial score (nSPS) is 15.4. The molecule has 1 fully saturated rings.